The van der Waals surface area contributed by atoms with Crippen LogP contribution in [0.25, 0.3) is 0 Å². The Kier molecular flexibility index (Phi) is 5.14. The summed E-state index contributed by atoms with van der Waals surface area (Å²) < 4.78 is 14.7. The molecule has 120 valence electrons. The predicted molar refractivity (Wildman–Crippen MR) is 83.8 cm³/mol. The van der Waals surface area contributed by atoms with Crippen LogP contribution in [0.15, 0.2) is 48.3 Å². The van der Waals surface area contributed by atoms with Gasteiger partial charge in [0.15, 0.2) is 0 Å². The molecule has 0 aliphatic carbocycles. The first-order valence-corrected chi connectivity index (χ1v) is 7.20. The van der Waals surface area contributed by atoms with Crippen LogP contribution < -0.4 is 0 Å². The Bertz CT molecular complexity index is 725. The van der Waals surface area contributed by atoms with E-state index in [0.29, 0.717) is 30.0 Å². The molecule has 1 aromatic heterocycles. The third kappa shape index (κ3) is 3.41. The molecule has 1 aliphatic heterocycles. The van der Waals surface area contributed by atoms with Crippen LogP contribution in [-0.2, 0) is 11.9 Å². The molecule has 23 heavy (non-hydrogen) atoms. The first-order chi connectivity index (χ1) is 11.0. The van der Waals surface area contributed by atoms with Gasteiger partial charge in [0.25, 0.3) is 5.91 Å². The highest BCUT2D eigenvalue weighted by Gasteiger charge is 2.33. The van der Waals surface area contributed by atoms with Crippen LogP contribution in [-0.4, -0.2) is 28.2 Å². The zero-order chi connectivity index (χ0) is 17.0. The number of hydrogen-bond donors (Lipinski definition) is 0. The maximum atomic E-state index is 13.2. The molecule has 1 aromatic rings. The van der Waals surface area contributed by atoms with Crippen molar-refractivity contribution in [3.63, 3.8) is 0 Å². The molecule has 6 heteroatoms. The van der Waals surface area contributed by atoms with Crippen LogP contribution in [0, 0.1) is 11.3 Å². The summed E-state index contributed by atoms with van der Waals surface area (Å²) >= 11 is 0. The molecule has 0 aromatic carbocycles. The van der Waals surface area contributed by atoms with Crippen LogP contribution in [0.4, 0.5) is 4.39 Å². The molecular weight excluding hydrogens is 297 g/mol. The Balaban J connectivity index is 2.20. The minimum atomic E-state index is -0.371. The van der Waals surface area contributed by atoms with Gasteiger partial charge in [0.2, 0.25) is 0 Å². The van der Waals surface area contributed by atoms with E-state index >= 15 is 0 Å². The van der Waals surface area contributed by atoms with Gasteiger partial charge in [-0.3, -0.25) is 9.63 Å². The molecule has 0 N–H and O–H groups in total. The zero-order valence-corrected chi connectivity index (χ0v) is 13.1. The number of carbonyl (C=O) groups is 1. The van der Waals surface area contributed by atoms with E-state index in [1.807, 2.05) is 6.07 Å². The van der Waals surface area contributed by atoms with E-state index in [9.17, 15) is 9.18 Å². The van der Waals surface area contributed by atoms with Crippen LogP contribution >= 0.6 is 0 Å². The fourth-order valence-corrected chi connectivity index (χ4v) is 2.35. The van der Waals surface area contributed by atoms with Gasteiger partial charge in [0, 0.05) is 13.5 Å². The van der Waals surface area contributed by atoms with Crippen LogP contribution in [0.3, 0.4) is 0 Å². The minimum absolute atomic E-state index is 0.349. The second-order valence-corrected chi connectivity index (χ2v) is 5.13. The standard InChI is InChI=1S/C17H18FN3O2/c1-4-13(18)6-5-12(2)15-9-10-23-21(15)17(22)16-8-7-14(11-19)20(16)3/h4-8,15H,2,9-10H2,1,3H3/b6-5-,13-4+/t15-/m0/s1. The van der Waals surface area contributed by atoms with Crippen molar-refractivity contribution in [3.8, 4) is 6.07 Å². The van der Waals surface area contributed by atoms with Gasteiger partial charge in [-0.1, -0.05) is 18.7 Å². The molecule has 0 radical (unpaired) electrons. The molecule has 5 nitrogen and oxygen atoms in total. The van der Waals surface area contributed by atoms with E-state index in [1.165, 1.54) is 21.8 Å². The van der Waals surface area contributed by atoms with Gasteiger partial charge >= 0.3 is 0 Å². The predicted octanol–water partition coefficient (Wildman–Crippen LogP) is 3.03. The number of amides is 1. The topological polar surface area (TPSA) is 58.3 Å². The Hall–Kier alpha value is -2.65. The second kappa shape index (κ2) is 7.07. The highest BCUT2D eigenvalue weighted by molar-refractivity contribution is 5.93. The molecular formula is C17H18FN3O2. The Morgan fingerprint density at radius 2 is 2.26 bits per heavy atom. The van der Waals surface area contributed by atoms with E-state index in [4.69, 9.17) is 10.1 Å². The van der Waals surface area contributed by atoms with E-state index in [0.717, 1.165) is 0 Å². The Morgan fingerprint density at radius 3 is 2.87 bits per heavy atom. The number of rotatable bonds is 4. The smallest absolute Gasteiger partial charge is 0.294 e. The van der Waals surface area contributed by atoms with E-state index in [-0.39, 0.29) is 17.8 Å². The Morgan fingerprint density at radius 1 is 1.52 bits per heavy atom. The number of aromatic nitrogens is 1. The van der Waals surface area contributed by atoms with Crippen LogP contribution in [0.5, 0.6) is 0 Å². The Labute approximate surface area is 134 Å². The van der Waals surface area contributed by atoms with Crippen molar-refractivity contribution in [1.82, 2.24) is 9.63 Å². The van der Waals surface area contributed by atoms with Gasteiger partial charge < -0.3 is 4.57 Å². The maximum absolute atomic E-state index is 13.2. The first kappa shape index (κ1) is 16.7. The molecule has 0 spiro atoms. The number of nitriles is 1. The molecule has 1 amide bonds. The van der Waals surface area contributed by atoms with Gasteiger partial charge in [0.05, 0.1) is 12.6 Å². The number of hydrogen-bond acceptors (Lipinski definition) is 3. The molecule has 1 saturated heterocycles. The van der Waals surface area contributed by atoms with Gasteiger partial charge in [-0.2, -0.15) is 5.26 Å². The van der Waals surface area contributed by atoms with E-state index in [2.05, 4.69) is 6.58 Å². The minimum Gasteiger partial charge on any atom is -0.331 e. The summed E-state index contributed by atoms with van der Waals surface area (Å²) in [5.74, 6) is -0.721. The SMILES string of the molecule is C=C(/C=C\C(F)=C/C)[C@@H]1CCON1C(=O)c1ccc(C#N)n1C. The van der Waals surface area contributed by atoms with Crippen molar-refractivity contribution in [2.75, 3.05) is 6.61 Å². The third-order valence-electron chi connectivity index (χ3n) is 3.72. The first-order valence-electron chi connectivity index (χ1n) is 7.20. The van der Waals surface area contributed by atoms with Gasteiger partial charge in [-0.05, 0) is 30.7 Å². The molecule has 1 fully saturated rings. The molecule has 0 saturated carbocycles. The van der Waals surface area contributed by atoms with Crippen molar-refractivity contribution in [2.45, 2.75) is 19.4 Å². The molecule has 2 heterocycles. The van der Waals surface area contributed by atoms with Crippen LogP contribution in [0.1, 0.15) is 29.5 Å². The van der Waals surface area contributed by atoms with Crippen LogP contribution in [0.2, 0.25) is 0 Å². The number of nitrogens with zero attached hydrogens (tertiary/aromatic N) is 3. The normalized spacial score (nSPS) is 18.4. The average molecular weight is 315 g/mol. The number of hydroxylamine groups is 2. The summed E-state index contributed by atoms with van der Waals surface area (Å²) in [6, 6.07) is 4.81. The highest BCUT2D eigenvalue weighted by atomic mass is 19.1. The average Bonchev–Trinajstić information content (AvgIpc) is 3.18. The van der Waals surface area contributed by atoms with Crippen molar-refractivity contribution >= 4 is 5.91 Å². The lowest BCUT2D eigenvalue weighted by Crippen LogP contribution is -2.36. The summed E-state index contributed by atoms with van der Waals surface area (Å²) in [6.45, 7) is 5.88. The number of allylic oxidation sites excluding steroid dienone is 3. The van der Waals surface area contributed by atoms with Gasteiger partial charge in [-0.25, -0.2) is 9.45 Å². The largest absolute Gasteiger partial charge is 0.331 e. The molecule has 0 bridgehead atoms. The van der Waals surface area contributed by atoms with Crippen molar-refractivity contribution in [2.24, 2.45) is 7.05 Å². The van der Waals surface area contributed by atoms with Gasteiger partial charge in [0.1, 0.15) is 23.3 Å². The summed E-state index contributed by atoms with van der Waals surface area (Å²) in [6.07, 6.45) is 4.77. The van der Waals surface area contributed by atoms with E-state index in [1.54, 1.807) is 32.2 Å². The summed E-state index contributed by atoms with van der Waals surface area (Å²) in [4.78, 5) is 18.0. The highest BCUT2D eigenvalue weighted by Crippen LogP contribution is 2.24. The maximum Gasteiger partial charge on any atom is 0.294 e. The molecule has 2 rings (SSSR count). The molecule has 1 aliphatic rings. The monoisotopic (exact) mass is 315 g/mol. The summed E-state index contributed by atoms with van der Waals surface area (Å²) in [5, 5.41) is 10.2. The van der Waals surface area contributed by atoms with E-state index < -0.39 is 0 Å². The lowest BCUT2D eigenvalue weighted by Gasteiger charge is -2.23. The second-order valence-electron chi connectivity index (χ2n) is 5.13. The summed E-state index contributed by atoms with van der Waals surface area (Å²) in [5.41, 5.74) is 1.32. The van der Waals surface area contributed by atoms with Crippen molar-refractivity contribution < 1.29 is 14.0 Å². The third-order valence-corrected chi connectivity index (χ3v) is 3.72. The number of carbonyl (C=O) groups excluding carboxylic acids is 1. The summed E-state index contributed by atoms with van der Waals surface area (Å²) in [7, 11) is 1.65. The van der Waals surface area contributed by atoms with Crippen molar-refractivity contribution in [1.29, 1.82) is 5.26 Å². The lowest BCUT2D eigenvalue weighted by atomic mass is 10.1. The lowest BCUT2D eigenvalue weighted by molar-refractivity contribution is -0.0899. The fourth-order valence-electron chi connectivity index (χ4n) is 2.35. The van der Waals surface area contributed by atoms with Gasteiger partial charge in [-0.15, -0.1) is 0 Å². The fraction of sp³-hybridized carbons (Fsp3) is 0.294. The van der Waals surface area contributed by atoms with Crippen molar-refractivity contribution in [3.05, 3.63) is 59.7 Å². The molecule has 0 unspecified atom stereocenters. The quantitative estimate of drug-likeness (QED) is 0.803. The molecule has 1 atom stereocenters. The zero-order valence-electron chi connectivity index (χ0n) is 13.1. The number of halogens is 1.